The van der Waals surface area contributed by atoms with Gasteiger partial charge in [-0.2, -0.15) is 0 Å². The Hall–Kier alpha value is -0.860. The molecule has 0 radical (unpaired) electrons. The number of nitrogens with one attached hydrogen (secondary N) is 1. The number of rotatable bonds is 5. The Labute approximate surface area is 83.6 Å². The molecule has 13 heavy (non-hydrogen) atoms. The summed E-state index contributed by atoms with van der Waals surface area (Å²) in [5, 5.41) is 3.82. The molecule has 0 spiro atoms. The Morgan fingerprint density at radius 2 is 2.46 bits per heavy atom. The third-order valence-corrected chi connectivity index (χ3v) is 1.76. The van der Waals surface area contributed by atoms with Crippen LogP contribution in [-0.4, -0.2) is 18.1 Å². The molecule has 0 aromatic carbocycles. The minimum absolute atomic E-state index is 0.645. The van der Waals surface area contributed by atoms with Crippen molar-refractivity contribution in [3.05, 3.63) is 41.7 Å². The number of nitrogens with zero attached hydrogens (tertiary/aromatic N) is 1. The molecule has 3 heteroatoms. The summed E-state index contributed by atoms with van der Waals surface area (Å²) >= 11 is 5.59. The Bertz CT molecular complexity index is 259. The van der Waals surface area contributed by atoms with Gasteiger partial charge in [0.1, 0.15) is 0 Å². The molecular formula is C10H13ClN2. The fraction of sp³-hybridized carbons (Fsp3) is 0.300. The van der Waals surface area contributed by atoms with Gasteiger partial charge in [-0.05, 0) is 24.6 Å². The summed E-state index contributed by atoms with van der Waals surface area (Å²) in [7, 11) is 0. The van der Waals surface area contributed by atoms with Gasteiger partial charge in [0.15, 0.2) is 0 Å². The van der Waals surface area contributed by atoms with Crippen molar-refractivity contribution in [2.75, 3.05) is 13.1 Å². The molecule has 1 rings (SSSR count). The van der Waals surface area contributed by atoms with E-state index in [0.717, 1.165) is 13.0 Å². The average Bonchev–Trinajstić information content (AvgIpc) is 2.14. The van der Waals surface area contributed by atoms with Crippen molar-refractivity contribution in [2.24, 2.45) is 0 Å². The van der Waals surface area contributed by atoms with Crippen LogP contribution in [0.1, 0.15) is 5.56 Å². The first-order chi connectivity index (χ1) is 6.29. The van der Waals surface area contributed by atoms with Gasteiger partial charge in [0.25, 0.3) is 0 Å². The molecule has 1 aromatic rings. The number of pyridine rings is 1. The van der Waals surface area contributed by atoms with Crippen LogP contribution in [0, 0.1) is 0 Å². The number of halogens is 1. The van der Waals surface area contributed by atoms with Gasteiger partial charge in [-0.1, -0.05) is 24.2 Å². The predicted octanol–water partition coefficient (Wildman–Crippen LogP) is 1.97. The Morgan fingerprint density at radius 3 is 3.08 bits per heavy atom. The standard InChI is InChI=1S/C10H13ClN2/c1-9(11)7-13-6-4-10-3-2-5-12-8-10/h2-3,5,8,13H,1,4,6-7H2. The number of hydrogen-bond acceptors (Lipinski definition) is 2. The van der Waals surface area contributed by atoms with Crippen molar-refractivity contribution in [1.82, 2.24) is 10.3 Å². The highest BCUT2D eigenvalue weighted by molar-refractivity contribution is 6.29. The third-order valence-electron chi connectivity index (χ3n) is 1.63. The molecule has 0 amide bonds. The Morgan fingerprint density at radius 1 is 1.62 bits per heavy atom. The van der Waals surface area contributed by atoms with E-state index in [1.165, 1.54) is 5.56 Å². The maximum Gasteiger partial charge on any atom is 0.0307 e. The van der Waals surface area contributed by atoms with E-state index in [4.69, 9.17) is 11.6 Å². The molecule has 0 saturated heterocycles. The second-order valence-electron chi connectivity index (χ2n) is 2.81. The van der Waals surface area contributed by atoms with Gasteiger partial charge in [-0.15, -0.1) is 0 Å². The minimum atomic E-state index is 0.645. The molecule has 0 aliphatic heterocycles. The van der Waals surface area contributed by atoms with Crippen molar-refractivity contribution < 1.29 is 0 Å². The highest BCUT2D eigenvalue weighted by atomic mass is 35.5. The normalized spacial score (nSPS) is 9.92. The molecule has 0 aliphatic rings. The van der Waals surface area contributed by atoms with Crippen LogP contribution in [0.15, 0.2) is 36.1 Å². The first kappa shape index (κ1) is 10.2. The van der Waals surface area contributed by atoms with E-state index < -0.39 is 0 Å². The lowest BCUT2D eigenvalue weighted by Gasteiger charge is -2.02. The SMILES string of the molecule is C=C(Cl)CNCCc1cccnc1. The summed E-state index contributed by atoms with van der Waals surface area (Å²) in [6.45, 7) is 5.16. The summed E-state index contributed by atoms with van der Waals surface area (Å²) in [5.74, 6) is 0. The van der Waals surface area contributed by atoms with Crippen molar-refractivity contribution in [1.29, 1.82) is 0 Å². The smallest absolute Gasteiger partial charge is 0.0307 e. The molecular weight excluding hydrogens is 184 g/mol. The molecule has 70 valence electrons. The van der Waals surface area contributed by atoms with E-state index in [0.29, 0.717) is 11.6 Å². The maximum atomic E-state index is 5.59. The monoisotopic (exact) mass is 196 g/mol. The molecule has 0 aliphatic carbocycles. The molecule has 1 N–H and O–H groups in total. The highest BCUT2D eigenvalue weighted by Gasteiger charge is 1.92. The van der Waals surface area contributed by atoms with Crippen LogP contribution in [0.2, 0.25) is 0 Å². The molecule has 0 saturated carbocycles. The van der Waals surface area contributed by atoms with E-state index in [1.54, 1.807) is 6.20 Å². The van der Waals surface area contributed by atoms with E-state index >= 15 is 0 Å². The first-order valence-corrected chi connectivity index (χ1v) is 4.60. The van der Waals surface area contributed by atoms with Crippen molar-refractivity contribution in [3.63, 3.8) is 0 Å². The molecule has 0 fully saturated rings. The molecule has 1 aromatic heterocycles. The van der Waals surface area contributed by atoms with Crippen LogP contribution >= 0.6 is 11.6 Å². The zero-order valence-corrected chi connectivity index (χ0v) is 8.22. The van der Waals surface area contributed by atoms with Gasteiger partial charge < -0.3 is 5.32 Å². The van der Waals surface area contributed by atoms with E-state index in [1.807, 2.05) is 12.3 Å². The zero-order chi connectivity index (χ0) is 9.52. The van der Waals surface area contributed by atoms with E-state index in [-0.39, 0.29) is 0 Å². The van der Waals surface area contributed by atoms with Gasteiger partial charge in [0, 0.05) is 24.0 Å². The fourth-order valence-corrected chi connectivity index (χ4v) is 1.10. The van der Waals surface area contributed by atoms with Crippen LogP contribution in [0.25, 0.3) is 0 Å². The molecule has 0 atom stereocenters. The van der Waals surface area contributed by atoms with Gasteiger partial charge in [0.2, 0.25) is 0 Å². The number of hydrogen-bond donors (Lipinski definition) is 1. The Balaban J connectivity index is 2.17. The van der Waals surface area contributed by atoms with E-state index in [2.05, 4.69) is 22.9 Å². The Kier molecular flexibility index (Phi) is 4.50. The van der Waals surface area contributed by atoms with Gasteiger partial charge in [-0.25, -0.2) is 0 Å². The van der Waals surface area contributed by atoms with Crippen LogP contribution in [0.4, 0.5) is 0 Å². The second kappa shape index (κ2) is 5.73. The van der Waals surface area contributed by atoms with Gasteiger partial charge in [0.05, 0.1) is 0 Å². The summed E-state index contributed by atoms with van der Waals surface area (Å²) in [6, 6.07) is 4.00. The van der Waals surface area contributed by atoms with Crippen LogP contribution < -0.4 is 5.32 Å². The lowest BCUT2D eigenvalue weighted by molar-refractivity contribution is 0.739. The van der Waals surface area contributed by atoms with Crippen LogP contribution in [-0.2, 0) is 6.42 Å². The van der Waals surface area contributed by atoms with Crippen molar-refractivity contribution >= 4 is 11.6 Å². The summed E-state index contributed by atoms with van der Waals surface area (Å²) in [5.41, 5.74) is 1.23. The lowest BCUT2D eigenvalue weighted by atomic mass is 10.2. The quantitative estimate of drug-likeness (QED) is 0.729. The fourth-order valence-electron chi connectivity index (χ4n) is 1.00. The second-order valence-corrected chi connectivity index (χ2v) is 3.34. The predicted molar refractivity (Wildman–Crippen MR) is 55.8 cm³/mol. The zero-order valence-electron chi connectivity index (χ0n) is 7.46. The van der Waals surface area contributed by atoms with Gasteiger partial charge in [-0.3, -0.25) is 4.98 Å². The highest BCUT2D eigenvalue weighted by Crippen LogP contribution is 1.96. The molecule has 0 unspecified atom stereocenters. The van der Waals surface area contributed by atoms with Crippen molar-refractivity contribution in [3.8, 4) is 0 Å². The maximum absolute atomic E-state index is 5.59. The summed E-state index contributed by atoms with van der Waals surface area (Å²) in [6.07, 6.45) is 4.62. The topological polar surface area (TPSA) is 24.9 Å². The van der Waals surface area contributed by atoms with Crippen LogP contribution in [0.5, 0.6) is 0 Å². The van der Waals surface area contributed by atoms with Gasteiger partial charge >= 0.3 is 0 Å². The largest absolute Gasteiger partial charge is 0.311 e. The molecule has 1 heterocycles. The minimum Gasteiger partial charge on any atom is -0.311 e. The van der Waals surface area contributed by atoms with Crippen LogP contribution in [0.3, 0.4) is 0 Å². The van der Waals surface area contributed by atoms with E-state index in [9.17, 15) is 0 Å². The first-order valence-electron chi connectivity index (χ1n) is 4.22. The average molecular weight is 197 g/mol. The number of aromatic nitrogens is 1. The lowest BCUT2D eigenvalue weighted by Crippen LogP contribution is -2.18. The summed E-state index contributed by atoms with van der Waals surface area (Å²) in [4.78, 5) is 4.03. The van der Waals surface area contributed by atoms with Crippen molar-refractivity contribution in [2.45, 2.75) is 6.42 Å². The third kappa shape index (κ3) is 4.65. The molecule has 0 bridgehead atoms. The molecule has 2 nitrogen and oxygen atoms in total. The summed E-state index contributed by atoms with van der Waals surface area (Å²) < 4.78 is 0.